The first-order valence-electron chi connectivity index (χ1n) is 10.5. The van der Waals surface area contributed by atoms with E-state index in [0.29, 0.717) is 29.4 Å². The van der Waals surface area contributed by atoms with E-state index in [9.17, 15) is 22.4 Å². The lowest BCUT2D eigenvalue weighted by Gasteiger charge is -2.18. The average Bonchev–Trinajstić information content (AvgIpc) is 3.16. The molecule has 3 aromatic rings. The lowest BCUT2D eigenvalue weighted by molar-refractivity contribution is -0.137. The monoisotopic (exact) mass is 448 g/mol. The van der Waals surface area contributed by atoms with Gasteiger partial charge in [-0.15, -0.1) is 0 Å². The summed E-state index contributed by atoms with van der Waals surface area (Å²) < 4.78 is 52.6. The van der Waals surface area contributed by atoms with E-state index in [1.54, 1.807) is 25.1 Å². The third-order valence-electron chi connectivity index (χ3n) is 5.88. The van der Waals surface area contributed by atoms with E-state index in [1.807, 2.05) is 6.07 Å². The van der Waals surface area contributed by atoms with Crippen LogP contribution in [0, 0.1) is 5.82 Å². The number of amides is 1. The quantitative estimate of drug-likeness (QED) is 0.475. The van der Waals surface area contributed by atoms with Crippen LogP contribution in [0.4, 0.5) is 28.9 Å². The molecule has 0 saturated heterocycles. The first kappa shape index (κ1) is 22.1. The van der Waals surface area contributed by atoms with Crippen molar-refractivity contribution in [2.24, 2.45) is 0 Å². The van der Waals surface area contributed by atoms with Crippen LogP contribution in [0.25, 0.3) is 11.0 Å². The van der Waals surface area contributed by atoms with Gasteiger partial charge in [-0.2, -0.15) is 13.2 Å². The summed E-state index contributed by atoms with van der Waals surface area (Å²) >= 11 is 0. The fourth-order valence-electron chi connectivity index (χ4n) is 4.17. The van der Waals surface area contributed by atoms with Gasteiger partial charge in [0.05, 0.1) is 33.5 Å². The first-order chi connectivity index (χ1) is 15.1. The molecule has 1 heterocycles. The second kappa shape index (κ2) is 8.44. The molecule has 1 aliphatic rings. The molecule has 2 N–H and O–H groups in total. The molecule has 4 rings (SSSR count). The Bertz CT molecular complexity index is 1150. The lowest BCUT2D eigenvalue weighted by atomic mass is 9.89. The van der Waals surface area contributed by atoms with Gasteiger partial charge in [-0.3, -0.25) is 4.79 Å². The Hall–Kier alpha value is -3.10. The Morgan fingerprint density at radius 2 is 1.84 bits per heavy atom. The second-order valence-electron chi connectivity index (χ2n) is 8.38. The molecule has 1 saturated carbocycles. The van der Waals surface area contributed by atoms with Gasteiger partial charge < -0.3 is 15.2 Å². The van der Waals surface area contributed by atoms with E-state index >= 15 is 0 Å². The Kier molecular flexibility index (Phi) is 5.83. The van der Waals surface area contributed by atoms with Crippen molar-refractivity contribution in [2.75, 3.05) is 24.3 Å². The smallest absolute Gasteiger partial charge is 0.376 e. The third kappa shape index (κ3) is 4.42. The number of H-pyrrole nitrogens is 1. The van der Waals surface area contributed by atoms with Crippen LogP contribution in [0.3, 0.4) is 0 Å². The summed E-state index contributed by atoms with van der Waals surface area (Å²) in [5.41, 5.74) is 0.947. The summed E-state index contributed by atoms with van der Waals surface area (Å²) in [5.74, 6) is -0.767. The molecular weight excluding hydrogens is 424 g/mol. The SMILES string of the molecule is CN(C)c1cc2nc(C3CCCCC3)[nH]c2cc1NC(=O)c1ccc(C(F)(F)F)cc1F. The third-order valence-corrected chi connectivity index (χ3v) is 5.88. The zero-order valence-corrected chi connectivity index (χ0v) is 17.8. The van der Waals surface area contributed by atoms with Gasteiger partial charge in [0.25, 0.3) is 5.91 Å². The number of carbonyl (C=O) groups is 1. The highest BCUT2D eigenvalue weighted by Crippen LogP contribution is 2.35. The molecule has 1 fully saturated rings. The van der Waals surface area contributed by atoms with Crippen molar-refractivity contribution in [1.29, 1.82) is 0 Å². The first-order valence-corrected chi connectivity index (χ1v) is 10.5. The number of anilines is 2. The number of fused-ring (bicyclic) bond motifs is 1. The van der Waals surface area contributed by atoms with E-state index in [4.69, 9.17) is 4.98 Å². The molecule has 32 heavy (non-hydrogen) atoms. The number of imidazole rings is 1. The number of nitrogens with zero attached hydrogens (tertiary/aromatic N) is 2. The number of carbonyl (C=O) groups excluding carboxylic acids is 1. The summed E-state index contributed by atoms with van der Waals surface area (Å²) in [7, 11) is 3.59. The largest absolute Gasteiger partial charge is 0.416 e. The molecule has 170 valence electrons. The minimum atomic E-state index is -4.68. The van der Waals surface area contributed by atoms with Gasteiger partial charge >= 0.3 is 6.18 Å². The molecule has 9 heteroatoms. The summed E-state index contributed by atoms with van der Waals surface area (Å²) in [5, 5.41) is 2.64. The Labute approximate surface area is 182 Å². The van der Waals surface area contributed by atoms with Gasteiger partial charge in [0, 0.05) is 20.0 Å². The van der Waals surface area contributed by atoms with Gasteiger partial charge in [-0.1, -0.05) is 19.3 Å². The Morgan fingerprint density at radius 1 is 1.12 bits per heavy atom. The van der Waals surface area contributed by atoms with Crippen LogP contribution in [0.2, 0.25) is 0 Å². The molecule has 1 amide bonds. The standard InChI is InChI=1S/C23H24F4N4O/c1-31(2)20-12-18-17(28-21(29-18)13-6-4-3-5-7-13)11-19(20)30-22(32)15-9-8-14(10-16(15)24)23(25,26)27/h8-13H,3-7H2,1-2H3,(H,28,29)(H,30,32). The van der Waals surface area contributed by atoms with Crippen molar-refractivity contribution in [3.05, 3.63) is 53.1 Å². The van der Waals surface area contributed by atoms with Gasteiger partial charge in [-0.25, -0.2) is 9.37 Å². The zero-order chi connectivity index (χ0) is 23.0. The van der Waals surface area contributed by atoms with Crippen molar-refractivity contribution < 1.29 is 22.4 Å². The topological polar surface area (TPSA) is 61.0 Å². The van der Waals surface area contributed by atoms with Crippen molar-refractivity contribution in [3.63, 3.8) is 0 Å². The van der Waals surface area contributed by atoms with E-state index in [-0.39, 0.29) is 0 Å². The highest BCUT2D eigenvalue weighted by Gasteiger charge is 2.32. The molecule has 2 aromatic carbocycles. The Morgan fingerprint density at radius 3 is 2.47 bits per heavy atom. The number of hydrogen-bond acceptors (Lipinski definition) is 3. The number of hydrogen-bond donors (Lipinski definition) is 2. The number of halogens is 4. The molecule has 0 radical (unpaired) electrons. The normalized spacial score (nSPS) is 15.2. The molecule has 0 aliphatic heterocycles. The van der Waals surface area contributed by atoms with Crippen LogP contribution < -0.4 is 10.2 Å². The molecule has 0 unspecified atom stereocenters. The Balaban J connectivity index is 1.65. The van der Waals surface area contributed by atoms with E-state index in [0.717, 1.165) is 35.8 Å². The van der Waals surface area contributed by atoms with Gasteiger partial charge in [0.2, 0.25) is 0 Å². The maximum atomic E-state index is 14.3. The van der Waals surface area contributed by atoms with E-state index < -0.39 is 29.0 Å². The number of aromatic nitrogens is 2. The number of rotatable bonds is 4. The molecule has 0 spiro atoms. The fourth-order valence-corrected chi connectivity index (χ4v) is 4.17. The highest BCUT2D eigenvalue weighted by molar-refractivity contribution is 6.07. The van der Waals surface area contributed by atoms with Crippen LogP contribution in [-0.4, -0.2) is 30.0 Å². The molecule has 5 nitrogen and oxygen atoms in total. The van der Waals surface area contributed by atoms with Crippen LogP contribution in [0.15, 0.2) is 30.3 Å². The number of alkyl halides is 3. The molecule has 1 aromatic heterocycles. The maximum absolute atomic E-state index is 14.3. The number of aromatic amines is 1. The zero-order valence-electron chi connectivity index (χ0n) is 17.8. The number of benzene rings is 2. The average molecular weight is 448 g/mol. The van der Waals surface area contributed by atoms with Crippen molar-refractivity contribution in [2.45, 2.75) is 44.2 Å². The highest BCUT2D eigenvalue weighted by atomic mass is 19.4. The van der Waals surface area contributed by atoms with Gasteiger partial charge in [0.15, 0.2) is 0 Å². The minimum Gasteiger partial charge on any atom is -0.376 e. The predicted molar refractivity (Wildman–Crippen MR) is 116 cm³/mol. The van der Waals surface area contributed by atoms with Crippen LogP contribution in [0.1, 0.15) is 59.8 Å². The summed E-state index contributed by atoms with van der Waals surface area (Å²) in [6, 6.07) is 5.43. The number of nitrogens with one attached hydrogen (secondary N) is 2. The van der Waals surface area contributed by atoms with Gasteiger partial charge in [0.1, 0.15) is 11.6 Å². The van der Waals surface area contributed by atoms with Gasteiger partial charge in [-0.05, 0) is 43.2 Å². The van der Waals surface area contributed by atoms with E-state index in [2.05, 4.69) is 10.3 Å². The molecule has 1 aliphatic carbocycles. The summed E-state index contributed by atoms with van der Waals surface area (Å²) in [6.45, 7) is 0. The fraction of sp³-hybridized carbons (Fsp3) is 0.391. The molecule has 0 atom stereocenters. The lowest BCUT2D eigenvalue weighted by Crippen LogP contribution is -2.18. The van der Waals surface area contributed by atoms with Crippen molar-refractivity contribution in [3.8, 4) is 0 Å². The maximum Gasteiger partial charge on any atom is 0.416 e. The summed E-state index contributed by atoms with van der Waals surface area (Å²) in [4.78, 5) is 22.6. The van der Waals surface area contributed by atoms with E-state index in [1.165, 1.54) is 19.3 Å². The molecular formula is C23H24F4N4O. The van der Waals surface area contributed by atoms with Crippen LogP contribution in [0.5, 0.6) is 0 Å². The molecule has 0 bridgehead atoms. The van der Waals surface area contributed by atoms with Crippen molar-refractivity contribution in [1.82, 2.24) is 9.97 Å². The van der Waals surface area contributed by atoms with Crippen LogP contribution in [-0.2, 0) is 6.18 Å². The second-order valence-corrected chi connectivity index (χ2v) is 8.38. The predicted octanol–water partition coefficient (Wildman–Crippen LogP) is 6.09. The van der Waals surface area contributed by atoms with Crippen LogP contribution >= 0.6 is 0 Å². The minimum absolute atomic E-state index is 0.330. The van der Waals surface area contributed by atoms with Crippen molar-refractivity contribution >= 4 is 28.3 Å². The summed E-state index contributed by atoms with van der Waals surface area (Å²) in [6.07, 6.45) is 1.05.